The lowest BCUT2D eigenvalue weighted by atomic mass is 9.91. The molecule has 2 aliphatic rings. The van der Waals surface area contributed by atoms with Gasteiger partial charge in [-0.2, -0.15) is 9.97 Å². The van der Waals surface area contributed by atoms with Gasteiger partial charge in [0.25, 0.3) is 11.1 Å². The van der Waals surface area contributed by atoms with Crippen molar-refractivity contribution in [3.63, 3.8) is 0 Å². The molecule has 2 fully saturated rings. The summed E-state index contributed by atoms with van der Waals surface area (Å²) in [6.45, 7) is 2.08. The molecule has 2 aliphatic heterocycles. The number of carbonyl (C=O) groups excluding carboxylic acids is 2. The number of imidazole rings is 2. The predicted molar refractivity (Wildman–Crippen MR) is 214 cm³/mol. The number of fused-ring (bicyclic) bond motifs is 2. The second-order valence-corrected chi connectivity index (χ2v) is 15.5. The van der Waals surface area contributed by atoms with Crippen LogP contribution in [0.4, 0.5) is 11.9 Å². The molecule has 26 nitrogen and oxygen atoms in total. The number of hydrogen-bond donors (Lipinski definition) is 12. The minimum atomic E-state index is -2.24. The number of nitrogen functional groups attached to an aromatic ring is 2. The van der Waals surface area contributed by atoms with E-state index in [4.69, 9.17) is 26.0 Å². The van der Waals surface area contributed by atoms with Crippen molar-refractivity contribution in [1.29, 1.82) is 0 Å². The number of ketones is 2. The van der Waals surface area contributed by atoms with Crippen LogP contribution in [0.15, 0.2) is 22.2 Å². The Morgan fingerprint density at radius 2 is 1.14 bits per heavy atom. The van der Waals surface area contributed by atoms with Gasteiger partial charge in [0.15, 0.2) is 33.9 Å². The fourth-order valence-corrected chi connectivity index (χ4v) is 7.77. The summed E-state index contributed by atoms with van der Waals surface area (Å²) in [5, 5.41) is 79.8. The van der Waals surface area contributed by atoms with Crippen LogP contribution in [-0.4, -0.2) is 153 Å². The van der Waals surface area contributed by atoms with Gasteiger partial charge in [-0.25, -0.2) is 9.97 Å². The van der Waals surface area contributed by atoms with Gasteiger partial charge in [-0.3, -0.25) is 47.9 Å². The number of aromatic amines is 2. The molecule has 63 heavy (non-hydrogen) atoms. The van der Waals surface area contributed by atoms with Crippen molar-refractivity contribution >= 4 is 57.7 Å². The van der Waals surface area contributed by atoms with Crippen molar-refractivity contribution in [2.45, 2.75) is 120 Å². The number of carbonyl (C=O) groups is 4. The second-order valence-electron chi connectivity index (χ2n) is 15.5. The number of anilines is 2. The van der Waals surface area contributed by atoms with E-state index >= 15 is 0 Å². The van der Waals surface area contributed by atoms with Crippen LogP contribution < -0.4 is 22.6 Å². The van der Waals surface area contributed by atoms with E-state index in [0.29, 0.717) is 6.42 Å². The molecule has 14 N–H and O–H groups in total. The van der Waals surface area contributed by atoms with Crippen LogP contribution in [0.2, 0.25) is 0 Å². The number of aliphatic hydroxyl groups excluding tert-OH is 6. The number of carboxylic acid groups (broad SMARTS) is 2. The fraction of sp³-hybridized carbons (Fsp3) is 0.622. The monoisotopic (exact) mass is 892 g/mol. The molecule has 6 heterocycles. The molecule has 0 bridgehead atoms. The van der Waals surface area contributed by atoms with Gasteiger partial charge >= 0.3 is 11.9 Å². The van der Waals surface area contributed by atoms with Gasteiger partial charge in [-0.05, 0) is 32.1 Å². The molecule has 10 atom stereocenters. The molecular weight excluding hydrogens is 840 g/mol. The van der Waals surface area contributed by atoms with Crippen molar-refractivity contribution in [2.75, 3.05) is 24.7 Å². The van der Waals surface area contributed by atoms with E-state index in [0.717, 1.165) is 34.6 Å². The minimum Gasteiger partial charge on any atom is -0.481 e. The summed E-state index contributed by atoms with van der Waals surface area (Å²) < 4.78 is 13.4. The van der Waals surface area contributed by atoms with Crippen LogP contribution in [0.3, 0.4) is 0 Å². The number of Topliss-reactive ketones (excluding diaryl/α,β-unsaturated/α-hetero) is 2. The Bertz CT molecular complexity index is 2420. The average molecular weight is 893 g/mol. The zero-order valence-corrected chi connectivity index (χ0v) is 34.2. The van der Waals surface area contributed by atoms with Crippen molar-refractivity contribution in [3.05, 3.63) is 33.4 Å². The highest BCUT2D eigenvalue weighted by Gasteiger charge is 2.61. The number of nitrogens with zero attached hydrogens (tertiary/aromatic N) is 6. The van der Waals surface area contributed by atoms with Gasteiger partial charge in [0, 0.05) is 12.8 Å². The zero-order chi connectivity index (χ0) is 46.6. The smallest absolute Gasteiger partial charge is 0.306 e. The maximum atomic E-state index is 13.4. The largest absolute Gasteiger partial charge is 0.481 e. The van der Waals surface area contributed by atoms with Gasteiger partial charge in [-0.15, -0.1) is 0 Å². The van der Waals surface area contributed by atoms with Crippen molar-refractivity contribution < 1.29 is 69.5 Å². The maximum absolute atomic E-state index is 13.4. The second kappa shape index (κ2) is 19.8. The summed E-state index contributed by atoms with van der Waals surface area (Å²) in [6.07, 6.45) is -4.93. The number of unbranched alkanes of at least 4 members (excludes halogenated alkanes) is 1. The highest BCUT2D eigenvalue weighted by Crippen LogP contribution is 2.41. The molecule has 0 saturated carbocycles. The number of aliphatic hydroxyl groups is 6. The van der Waals surface area contributed by atoms with Gasteiger partial charge in [-0.1, -0.05) is 26.7 Å². The molecule has 0 radical (unpaired) electrons. The number of aliphatic carboxylic acids is 2. The van der Waals surface area contributed by atoms with E-state index in [9.17, 15) is 64.5 Å². The average Bonchev–Trinajstić information content (AvgIpc) is 3.99. The number of aromatic nitrogens is 8. The summed E-state index contributed by atoms with van der Waals surface area (Å²) in [5.41, 5.74) is 4.73. The minimum absolute atomic E-state index is 0.152. The van der Waals surface area contributed by atoms with Gasteiger partial charge in [0.1, 0.15) is 49.3 Å². The van der Waals surface area contributed by atoms with E-state index in [-0.39, 0.29) is 72.7 Å². The first-order chi connectivity index (χ1) is 29.8. The maximum Gasteiger partial charge on any atom is 0.306 e. The summed E-state index contributed by atoms with van der Waals surface area (Å²) in [7, 11) is 0. The number of rotatable bonds is 19. The van der Waals surface area contributed by atoms with Crippen molar-refractivity contribution in [1.82, 2.24) is 39.0 Å². The summed E-state index contributed by atoms with van der Waals surface area (Å²) in [6, 6.07) is 0. The van der Waals surface area contributed by atoms with Crippen molar-refractivity contribution in [3.8, 4) is 0 Å². The quantitative estimate of drug-likeness (QED) is 0.0447. The Kier molecular flexibility index (Phi) is 15.1. The Hall–Kier alpha value is -5.74. The van der Waals surface area contributed by atoms with Crippen LogP contribution in [0.1, 0.15) is 71.6 Å². The Morgan fingerprint density at radius 1 is 0.730 bits per heavy atom. The molecule has 4 aromatic rings. The molecule has 4 aromatic heterocycles. The van der Waals surface area contributed by atoms with E-state index < -0.39 is 108 Å². The molecular formula is C37H52N10O16. The number of H-pyrrole nitrogens is 2. The Balaban J connectivity index is 0.000000239. The normalized spacial score (nSPS) is 26.7. The predicted octanol–water partition coefficient (Wildman–Crippen LogP) is -2.97. The number of ether oxygens (including phenoxy) is 2. The van der Waals surface area contributed by atoms with Crippen LogP contribution in [-0.2, 0) is 40.1 Å². The number of nitrogens with two attached hydrogens (primary N) is 2. The van der Waals surface area contributed by atoms with E-state index in [1.165, 1.54) is 6.92 Å². The first-order valence-corrected chi connectivity index (χ1v) is 20.1. The van der Waals surface area contributed by atoms with E-state index in [1.54, 1.807) is 0 Å². The molecule has 0 aliphatic carbocycles. The molecule has 346 valence electrons. The van der Waals surface area contributed by atoms with Gasteiger partial charge in [0.2, 0.25) is 23.3 Å². The van der Waals surface area contributed by atoms with E-state index in [2.05, 4.69) is 29.9 Å². The summed E-state index contributed by atoms with van der Waals surface area (Å²) in [4.78, 5) is 93.8. The van der Waals surface area contributed by atoms with Gasteiger partial charge < -0.3 is 61.8 Å². The lowest BCUT2D eigenvalue weighted by molar-refractivity contribution is -0.174. The molecule has 2 saturated heterocycles. The third-order valence-electron chi connectivity index (χ3n) is 11.3. The van der Waals surface area contributed by atoms with Crippen LogP contribution in [0.25, 0.3) is 22.3 Å². The number of hydrogen-bond acceptors (Lipinski definition) is 20. The Morgan fingerprint density at radius 3 is 1.51 bits per heavy atom. The first-order valence-electron chi connectivity index (χ1n) is 20.1. The number of carboxylic acids is 2. The molecule has 26 heteroatoms. The van der Waals surface area contributed by atoms with Crippen molar-refractivity contribution in [2.24, 2.45) is 11.8 Å². The SMILES string of the molecule is CC(CCCC(=O)[C@@]1(n2cnc3c(=O)[nH]c(N)nc32)O[C@H](CO)[C@@H](O)[C@H]1O)C(=O)O.CCCCC(CCCC(=O)[C@@]1(n2cnc3c(=O)[nH]c(N)nc32)O[C@H](CO)[C@@H](O)[C@H]1O)C(=O)O. The number of nitrogens with one attached hydrogen (secondary N) is 2. The van der Waals surface area contributed by atoms with Gasteiger partial charge in [0.05, 0.1) is 25.0 Å². The fourth-order valence-electron chi connectivity index (χ4n) is 7.77. The molecule has 0 aromatic carbocycles. The lowest BCUT2D eigenvalue weighted by Gasteiger charge is -2.32. The molecule has 6 rings (SSSR count). The summed E-state index contributed by atoms with van der Waals surface area (Å²) in [5.74, 6) is -5.18. The van der Waals surface area contributed by atoms with Crippen LogP contribution in [0.5, 0.6) is 0 Å². The first kappa shape index (κ1) is 48.3. The summed E-state index contributed by atoms with van der Waals surface area (Å²) >= 11 is 0. The topological polar surface area (TPSA) is 428 Å². The van der Waals surface area contributed by atoms with E-state index in [1.807, 2.05) is 6.92 Å². The highest BCUT2D eigenvalue weighted by atomic mass is 16.6. The third-order valence-corrected chi connectivity index (χ3v) is 11.3. The molecule has 0 spiro atoms. The highest BCUT2D eigenvalue weighted by molar-refractivity contribution is 5.89. The zero-order valence-electron chi connectivity index (χ0n) is 34.2. The third kappa shape index (κ3) is 9.19. The van der Waals surface area contributed by atoms with Crippen LogP contribution >= 0.6 is 0 Å². The standard InChI is InChI=1S/C20H29N5O8.C17H23N5O8/c1-2-3-5-10(18(31)32)6-4-7-12(27)20(15(29)14(28)11(8-26)33-20)25-9-22-13-16(25)23-19(21)24-17(13)30;1-7(15(28)29)3-2-4-9(24)17(12(26)11(25)8(5-23)30-17)22-6-19-10-13(22)20-16(18)21-14(10)27/h9-11,14-15,26,28-29H,2-8H2,1H3,(H,31,32)(H3,21,23,24,30);6-8,11-12,23,25-26H,2-5H2,1H3,(H,28,29)(H3,18,20,21,27)/t10?,11-,14-,15-,20-;7?,8-,11-,12-,17-/m11/s1. The molecule has 2 unspecified atom stereocenters. The Labute approximate surface area is 355 Å². The van der Waals surface area contributed by atoms with Crippen LogP contribution in [0, 0.1) is 11.8 Å². The lowest BCUT2D eigenvalue weighted by Crippen LogP contribution is -2.51. The molecule has 0 amide bonds.